The minimum Gasteiger partial charge on any atom is -0.388 e. The second kappa shape index (κ2) is 8.16. The van der Waals surface area contributed by atoms with Crippen LogP contribution in [-0.2, 0) is 5.54 Å². The molecule has 6 nitrogen and oxygen atoms in total. The molecule has 33 heavy (non-hydrogen) atoms. The first kappa shape index (κ1) is 21.9. The van der Waals surface area contributed by atoms with E-state index < -0.39 is 5.60 Å². The second-order valence-electron chi connectivity index (χ2n) is 10.1. The Morgan fingerprint density at radius 3 is 2.27 bits per heavy atom. The predicted octanol–water partition coefficient (Wildman–Crippen LogP) is 4.14. The fraction of sp³-hybridized carbons (Fsp3) is 0.481. The Balaban J connectivity index is 1.48. The first-order valence-corrected chi connectivity index (χ1v) is 12.0. The van der Waals surface area contributed by atoms with Gasteiger partial charge in [-0.2, -0.15) is 5.26 Å². The van der Waals surface area contributed by atoms with Gasteiger partial charge in [-0.3, -0.25) is 4.90 Å². The molecule has 0 radical (unpaired) electrons. The maximum atomic E-state index is 13.8. The van der Waals surface area contributed by atoms with Crippen molar-refractivity contribution in [2.45, 2.75) is 61.6 Å². The zero-order valence-corrected chi connectivity index (χ0v) is 19.3. The lowest BCUT2D eigenvalue weighted by Crippen LogP contribution is -2.59. The van der Waals surface area contributed by atoms with Crippen LogP contribution in [-0.4, -0.2) is 47.3 Å². The van der Waals surface area contributed by atoms with Gasteiger partial charge in [-0.1, -0.05) is 42.5 Å². The molecule has 1 heterocycles. The van der Waals surface area contributed by atoms with E-state index in [9.17, 15) is 15.2 Å². The third-order valence-corrected chi connectivity index (χ3v) is 8.38. The summed E-state index contributed by atoms with van der Waals surface area (Å²) >= 11 is 0. The number of rotatable bonds is 5. The summed E-state index contributed by atoms with van der Waals surface area (Å²) in [4.78, 5) is 17.5. The number of aliphatic hydroxyl groups is 1. The van der Waals surface area contributed by atoms with Crippen LogP contribution in [0.3, 0.4) is 0 Å². The molecule has 2 aromatic rings. The van der Waals surface area contributed by atoms with E-state index in [1.165, 1.54) is 5.56 Å². The Morgan fingerprint density at radius 2 is 1.67 bits per heavy atom. The van der Waals surface area contributed by atoms with Gasteiger partial charge in [-0.05, 0) is 69.7 Å². The van der Waals surface area contributed by atoms with Crippen molar-refractivity contribution in [3.63, 3.8) is 0 Å². The summed E-state index contributed by atoms with van der Waals surface area (Å²) in [7, 11) is 2.02. The molecule has 0 aromatic heterocycles. The molecule has 2 aliphatic carbocycles. The van der Waals surface area contributed by atoms with Crippen molar-refractivity contribution < 1.29 is 9.90 Å². The zero-order chi connectivity index (χ0) is 23.1. The molecule has 5 rings (SSSR count). The summed E-state index contributed by atoms with van der Waals surface area (Å²) in [5, 5.41) is 24.2. The van der Waals surface area contributed by atoms with Crippen molar-refractivity contribution in [1.29, 1.82) is 5.26 Å². The summed E-state index contributed by atoms with van der Waals surface area (Å²) < 4.78 is 0. The van der Waals surface area contributed by atoms with Crippen LogP contribution >= 0.6 is 0 Å². The Morgan fingerprint density at radius 1 is 1.00 bits per heavy atom. The molecule has 3 fully saturated rings. The number of nitrogens with zero attached hydrogens (tertiary/aromatic N) is 3. The lowest BCUT2D eigenvalue weighted by Gasteiger charge is -2.50. The van der Waals surface area contributed by atoms with E-state index in [4.69, 9.17) is 0 Å². The highest BCUT2D eigenvalue weighted by molar-refractivity contribution is 5.96. The van der Waals surface area contributed by atoms with E-state index in [1.807, 2.05) is 36.2 Å². The van der Waals surface area contributed by atoms with Gasteiger partial charge in [0.05, 0.1) is 35.5 Å². The third kappa shape index (κ3) is 3.60. The van der Waals surface area contributed by atoms with Gasteiger partial charge in [0.2, 0.25) is 0 Å². The standard InChI is InChI=1S/C27H32N4O2/c1-29-27(22-9-3-2-4-10-22)16-14-25(15-17-27)19-30(23-11-6-5-8-21(23)18-28)24(32)31(25)20-26(33)12-7-13-26/h2-6,8-11,29,33H,7,12-17,19-20H2,1H3/t25-,27-. The predicted molar refractivity (Wildman–Crippen MR) is 128 cm³/mol. The first-order chi connectivity index (χ1) is 15.9. The normalized spacial score (nSPS) is 28.6. The summed E-state index contributed by atoms with van der Waals surface area (Å²) in [6, 6.07) is 20.0. The second-order valence-corrected chi connectivity index (χ2v) is 10.1. The summed E-state index contributed by atoms with van der Waals surface area (Å²) in [5.74, 6) is 0. The van der Waals surface area contributed by atoms with Crippen LogP contribution in [0.15, 0.2) is 54.6 Å². The molecule has 3 aliphatic rings. The minimum absolute atomic E-state index is 0.0882. The molecule has 172 valence electrons. The fourth-order valence-corrected chi connectivity index (χ4v) is 6.07. The third-order valence-electron chi connectivity index (χ3n) is 8.38. The fourth-order valence-electron chi connectivity index (χ4n) is 6.07. The molecular formula is C27H32N4O2. The molecule has 0 atom stereocenters. The maximum absolute atomic E-state index is 13.8. The zero-order valence-electron chi connectivity index (χ0n) is 19.3. The lowest BCUT2D eigenvalue weighted by atomic mass is 9.68. The minimum atomic E-state index is -0.787. The van der Waals surface area contributed by atoms with Gasteiger partial charge in [0.25, 0.3) is 0 Å². The van der Waals surface area contributed by atoms with E-state index in [1.54, 1.807) is 11.0 Å². The van der Waals surface area contributed by atoms with E-state index >= 15 is 0 Å². The number of benzene rings is 2. The number of carbonyl (C=O) groups is 1. The summed E-state index contributed by atoms with van der Waals surface area (Å²) in [6.07, 6.45) is 5.99. The molecule has 2 amide bonds. The van der Waals surface area contributed by atoms with Crippen molar-refractivity contribution in [1.82, 2.24) is 10.2 Å². The highest BCUT2D eigenvalue weighted by Gasteiger charge is 2.56. The van der Waals surface area contributed by atoms with Gasteiger partial charge in [0.1, 0.15) is 6.07 Å². The number of nitrogens with one attached hydrogen (secondary N) is 1. The Labute approximate surface area is 195 Å². The SMILES string of the molecule is CN[C@]1(c2ccccc2)CC[C@@]2(CC1)CN(c1ccccc1C#N)C(=O)N2CC1(O)CCC1. The van der Waals surface area contributed by atoms with Crippen molar-refractivity contribution in [2.24, 2.45) is 0 Å². The Bertz CT molecular complexity index is 1070. The van der Waals surface area contributed by atoms with Crippen LogP contribution < -0.4 is 10.2 Å². The largest absolute Gasteiger partial charge is 0.388 e. The number of carbonyl (C=O) groups excluding carboxylic acids is 1. The van der Waals surface area contributed by atoms with Crippen LogP contribution in [0.4, 0.5) is 10.5 Å². The van der Waals surface area contributed by atoms with E-state index in [2.05, 4.69) is 35.7 Å². The average molecular weight is 445 g/mol. The molecule has 2 saturated carbocycles. The maximum Gasteiger partial charge on any atom is 0.325 e. The molecule has 1 spiro atoms. The Hall–Kier alpha value is -2.88. The van der Waals surface area contributed by atoms with Crippen LogP contribution in [0.25, 0.3) is 0 Å². The van der Waals surface area contributed by atoms with Gasteiger partial charge in [-0.15, -0.1) is 0 Å². The highest BCUT2D eigenvalue weighted by atomic mass is 16.3. The quantitative estimate of drug-likeness (QED) is 0.726. The number of hydrogen-bond donors (Lipinski definition) is 2. The molecule has 2 aromatic carbocycles. The van der Waals surface area contributed by atoms with Gasteiger partial charge < -0.3 is 15.3 Å². The average Bonchev–Trinajstić information content (AvgIpc) is 3.10. The number of β-amino-alcohol motifs (C(OH)–C–C–N with tert-alkyl or cyclic N) is 1. The van der Waals surface area contributed by atoms with Crippen LogP contribution in [0.1, 0.15) is 56.1 Å². The Kier molecular flexibility index (Phi) is 5.43. The number of anilines is 1. The van der Waals surface area contributed by atoms with E-state index in [0.29, 0.717) is 24.3 Å². The topological polar surface area (TPSA) is 79.6 Å². The van der Waals surface area contributed by atoms with Gasteiger partial charge in [0.15, 0.2) is 0 Å². The molecule has 1 saturated heterocycles. The van der Waals surface area contributed by atoms with Crippen LogP contribution in [0.5, 0.6) is 0 Å². The smallest absolute Gasteiger partial charge is 0.325 e. The monoisotopic (exact) mass is 444 g/mol. The van der Waals surface area contributed by atoms with Gasteiger partial charge in [0, 0.05) is 5.54 Å². The number of para-hydroxylation sites is 1. The van der Waals surface area contributed by atoms with Crippen LogP contribution in [0, 0.1) is 11.3 Å². The summed E-state index contributed by atoms with van der Waals surface area (Å²) in [6.45, 7) is 0.921. The van der Waals surface area contributed by atoms with Gasteiger partial charge >= 0.3 is 6.03 Å². The molecule has 1 aliphatic heterocycles. The van der Waals surface area contributed by atoms with Gasteiger partial charge in [-0.25, -0.2) is 4.79 Å². The molecular weight excluding hydrogens is 412 g/mol. The number of amides is 2. The van der Waals surface area contributed by atoms with E-state index in [0.717, 1.165) is 44.9 Å². The summed E-state index contributed by atoms with van der Waals surface area (Å²) in [5.41, 5.74) is 1.20. The highest BCUT2D eigenvalue weighted by Crippen LogP contribution is 2.49. The van der Waals surface area contributed by atoms with Crippen molar-refractivity contribution >= 4 is 11.7 Å². The van der Waals surface area contributed by atoms with Crippen LogP contribution in [0.2, 0.25) is 0 Å². The molecule has 6 heteroatoms. The number of urea groups is 1. The lowest BCUT2D eigenvalue weighted by molar-refractivity contribution is -0.0690. The van der Waals surface area contributed by atoms with Crippen molar-refractivity contribution in [2.75, 3.05) is 25.0 Å². The number of hydrogen-bond acceptors (Lipinski definition) is 4. The molecule has 0 bridgehead atoms. The first-order valence-electron chi connectivity index (χ1n) is 12.0. The number of nitriles is 1. The van der Waals surface area contributed by atoms with Crippen molar-refractivity contribution in [3.05, 3.63) is 65.7 Å². The van der Waals surface area contributed by atoms with Crippen molar-refractivity contribution in [3.8, 4) is 6.07 Å². The molecule has 2 N–H and O–H groups in total. The van der Waals surface area contributed by atoms with E-state index in [-0.39, 0.29) is 17.1 Å². The molecule has 0 unspecified atom stereocenters.